The van der Waals surface area contributed by atoms with E-state index in [1.165, 1.54) is 50.8 Å². The predicted octanol–water partition coefficient (Wildman–Crippen LogP) is 3.73. The molecule has 21 heavy (non-hydrogen) atoms. The van der Waals surface area contributed by atoms with E-state index in [1.54, 1.807) is 0 Å². The minimum Gasteiger partial charge on any atom is -0.314 e. The van der Waals surface area contributed by atoms with Crippen LogP contribution in [0.2, 0.25) is 0 Å². The van der Waals surface area contributed by atoms with Crippen molar-refractivity contribution in [3.05, 3.63) is 42.0 Å². The molecule has 1 aromatic rings. The number of hydrogen-bond acceptors (Lipinski definition) is 2. The Balaban J connectivity index is 0.00000161. The lowest BCUT2D eigenvalue weighted by molar-refractivity contribution is 0.0380. The maximum atomic E-state index is 3.62. The predicted molar refractivity (Wildman–Crippen MR) is 93.0 cm³/mol. The van der Waals surface area contributed by atoms with Crippen molar-refractivity contribution in [3.8, 4) is 0 Å². The Morgan fingerprint density at radius 3 is 2.62 bits per heavy atom. The lowest BCUT2D eigenvalue weighted by Crippen LogP contribution is -2.61. The normalized spacial score (nSPS) is 22.3. The topological polar surface area (TPSA) is 15.3 Å². The fourth-order valence-corrected chi connectivity index (χ4v) is 3.75. The van der Waals surface area contributed by atoms with E-state index in [4.69, 9.17) is 0 Å². The van der Waals surface area contributed by atoms with Gasteiger partial charge in [0.1, 0.15) is 0 Å². The van der Waals surface area contributed by atoms with Gasteiger partial charge in [0, 0.05) is 31.7 Å². The molecule has 1 saturated heterocycles. The summed E-state index contributed by atoms with van der Waals surface area (Å²) in [4.78, 5) is 2.72. The van der Waals surface area contributed by atoms with Gasteiger partial charge in [0.05, 0.1) is 0 Å². The third kappa shape index (κ3) is 4.09. The summed E-state index contributed by atoms with van der Waals surface area (Å²) >= 11 is 0. The van der Waals surface area contributed by atoms with Gasteiger partial charge in [-0.2, -0.15) is 0 Å². The molecule has 1 aliphatic carbocycles. The van der Waals surface area contributed by atoms with Crippen molar-refractivity contribution in [1.29, 1.82) is 0 Å². The molecule has 3 rings (SSSR count). The Hall–Kier alpha value is -0.830. The van der Waals surface area contributed by atoms with Crippen LogP contribution in [-0.4, -0.2) is 36.6 Å². The second kappa shape index (κ2) is 7.98. The Morgan fingerprint density at radius 1 is 1.10 bits per heavy atom. The van der Waals surface area contributed by atoms with Gasteiger partial charge < -0.3 is 5.32 Å². The molecule has 0 atom stereocenters. The third-order valence-corrected chi connectivity index (χ3v) is 4.90. The second-order valence-electron chi connectivity index (χ2n) is 6.22. The van der Waals surface area contributed by atoms with E-state index in [0.717, 1.165) is 13.1 Å². The van der Waals surface area contributed by atoms with Crippen molar-refractivity contribution in [1.82, 2.24) is 10.2 Å². The number of nitrogens with one attached hydrogen (secondary N) is 1. The van der Waals surface area contributed by atoms with Gasteiger partial charge in [-0.1, -0.05) is 61.7 Å². The van der Waals surface area contributed by atoms with Crippen molar-refractivity contribution in [2.24, 2.45) is 0 Å². The minimum absolute atomic E-state index is 0. The zero-order chi connectivity index (χ0) is 13.7. The van der Waals surface area contributed by atoms with E-state index >= 15 is 0 Å². The molecular weight excluding hydrogens is 280 g/mol. The maximum Gasteiger partial charge on any atom is 0.0337 e. The first-order chi connectivity index (χ1) is 9.89. The molecule has 0 unspecified atom stereocenters. The van der Waals surface area contributed by atoms with Gasteiger partial charge in [0.15, 0.2) is 0 Å². The molecule has 0 amide bonds. The highest BCUT2D eigenvalue weighted by atomic mass is 35.5. The molecule has 1 saturated carbocycles. The van der Waals surface area contributed by atoms with E-state index in [2.05, 4.69) is 52.7 Å². The summed E-state index contributed by atoms with van der Waals surface area (Å²) in [6.45, 7) is 4.61. The highest BCUT2D eigenvalue weighted by Crippen LogP contribution is 2.34. The molecule has 2 aliphatic rings. The monoisotopic (exact) mass is 306 g/mol. The van der Waals surface area contributed by atoms with Gasteiger partial charge in [0.25, 0.3) is 0 Å². The zero-order valence-corrected chi connectivity index (χ0v) is 13.6. The number of halogens is 1. The van der Waals surface area contributed by atoms with Crippen LogP contribution < -0.4 is 5.32 Å². The van der Waals surface area contributed by atoms with Crippen LogP contribution >= 0.6 is 12.4 Å². The van der Waals surface area contributed by atoms with Crippen molar-refractivity contribution in [2.75, 3.05) is 26.2 Å². The van der Waals surface area contributed by atoms with Crippen LogP contribution in [-0.2, 0) is 0 Å². The summed E-state index contributed by atoms with van der Waals surface area (Å²) in [6.07, 6.45) is 11.6. The molecule has 0 aromatic heterocycles. The molecule has 0 bridgehead atoms. The van der Waals surface area contributed by atoms with Gasteiger partial charge >= 0.3 is 0 Å². The maximum absolute atomic E-state index is 3.62. The molecule has 1 spiro atoms. The van der Waals surface area contributed by atoms with Crippen LogP contribution in [0, 0.1) is 0 Å². The number of nitrogens with zero attached hydrogens (tertiary/aromatic N) is 1. The summed E-state index contributed by atoms with van der Waals surface area (Å²) in [5.74, 6) is 0. The number of hydrogen-bond donors (Lipinski definition) is 1. The van der Waals surface area contributed by atoms with Gasteiger partial charge in [-0.15, -0.1) is 12.4 Å². The quantitative estimate of drug-likeness (QED) is 0.915. The van der Waals surface area contributed by atoms with E-state index in [-0.39, 0.29) is 12.4 Å². The molecule has 1 aliphatic heterocycles. The zero-order valence-electron chi connectivity index (χ0n) is 12.8. The largest absolute Gasteiger partial charge is 0.314 e. The third-order valence-electron chi connectivity index (χ3n) is 4.90. The van der Waals surface area contributed by atoms with Gasteiger partial charge in [-0.05, 0) is 18.4 Å². The van der Waals surface area contributed by atoms with Crippen molar-refractivity contribution in [3.63, 3.8) is 0 Å². The Kier molecular flexibility index (Phi) is 6.28. The first kappa shape index (κ1) is 16.5. The molecule has 2 fully saturated rings. The highest BCUT2D eigenvalue weighted by Gasteiger charge is 2.38. The second-order valence-corrected chi connectivity index (χ2v) is 6.22. The van der Waals surface area contributed by atoms with Crippen molar-refractivity contribution in [2.45, 2.75) is 37.6 Å². The summed E-state index contributed by atoms with van der Waals surface area (Å²) in [6, 6.07) is 10.6. The SMILES string of the molecule is C(=C\c1ccccc1)/CN1CCNCC12CCCCC2.Cl. The Bertz CT molecular complexity index is 430. The lowest BCUT2D eigenvalue weighted by atomic mass is 9.79. The molecule has 116 valence electrons. The lowest BCUT2D eigenvalue weighted by Gasteiger charge is -2.49. The van der Waals surface area contributed by atoms with Crippen LogP contribution in [0.1, 0.15) is 37.7 Å². The van der Waals surface area contributed by atoms with E-state index < -0.39 is 0 Å². The van der Waals surface area contributed by atoms with Crippen LogP contribution in [0.4, 0.5) is 0 Å². The number of piperazine rings is 1. The van der Waals surface area contributed by atoms with Gasteiger partial charge in [-0.25, -0.2) is 0 Å². The molecule has 2 nitrogen and oxygen atoms in total. The average Bonchev–Trinajstić information content (AvgIpc) is 2.51. The standard InChI is InChI=1S/C18H26N2.ClH/c1-3-8-17(9-4-1)10-7-14-20-15-13-19-16-18(20)11-5-2-6-12-18;/h1,3-4,7-10,19H,2,5-6,11-16H2;1H/b10-7+;. The first-order valence-electron chi connectivity index (χ1n) is 8.06. The van der Waals surface area contributed by atoms with Crippen LogP contribution in [0.25, 0.3) is 6.08 Å². The summed E-state index contributed by atoms with van der Waals surface area (Å²) < 4.78 is 0. The molecule has 3 heteroatoms. The molecule has 1 heterocycles. The summed E-state index contributed by atoms with van der Waals surface area (Å²) in [5, 5.41) is 3.62. The number of benzene rings is 1. The van der Waals surface area contributed by atoms with Crippen LogP contribution in [0.5, 0.6) is 0 Å². The Labute approximate surface area is 135 Å². The van der Waals surface area contributed by atoms with Crippen LogP contribution in [0.3, 0.4) is 0 Å². The molecule has 1 aromatic carbocycles. The highest BCUT2D eigenvalue weighted by molar-refractivity contribution is 5.85. The van der Waals surface area contributed by atoms with Gasteiger partial charge in [0.2, 0.25) is 0 Å². The van der Waals surface area contributed by atoms with Crippen molar-refractivity contribution < 1.29 is 0 Å². The fourth-order valence-electron chi connectivity index (χ4n) is 3.75. The summed E-state index contributed by atoms with van der Waals surface area (Å²) in [7, 11) is 0. The van der Waals surface area contributed by atoms with Crippen molar-refractivity contribution >= 4 is 18.5 Å². The van der Waals surface area contributed by atoms with E-state index in [1.807, 2.05) is 0 Å². The minimum atomic E-state index is 0. The van der Waals surface area contributed by atoms with E-state index in [9.17, 15) is 0 Å². The smallest absolute Gasteiger partial charge is 0.0337 e. The first-order valence-corrected chi connectivity index (χ1v) is 8.06. The van der Waals surface area contributed by atoms with E-state index in [0.29, 0.717) is 5.54 Å². The molecule has 1 N–H and O–H groups in total. The summed E-state index contributed by atoms with van der Waals surface area (Å²) in [5.41, 5.74) is 1.75. The van der Waals surface area contributed by atoms with Crippen LogP contribution in [0.15, 0.2) is 36.4 Å². The number of rotatable bonds is 3. The fraction of sp³-hybridized carbons (Fsp3) is 0.556. The Morgan fingerprint density at radius 2 is 1.86 bits per heavy atom. The molecule has 0 radical (unpaired) electrons. The van der Waals surface area contributed by atoms with Gasteiger partial charge in [-0.3, -0.25) is 4.90 Å². The molecular formula is C18H27ClN2. The average molecular weight is 307 g/mol.